The lowest BCUT2D eigenvalue weighted by atomic mass is 10.2. The Balaban J connectivity index is 3.79. The number of aliphatic carboxylic acids is 1. The van der Waals surface area contributed by atoms with Crippen LogP contribution >= 0.6 is 0 Å². The molecule has 1 atom stereocenters. The first-order chi connectivity index (χ1) is 5.72. The zero-order chi connectivity index (χ0) is 9.40. The van der Waals surface area contributed by atoms with Gasteiger partial charge in [-0.2, -0.15) is 0 Å². The van der Waals surface area contributed by atoms with E-state index in [4.69, 9.17) is 10.6 Å². The number of carboxylic acids is 1. The summed E-state index contributed by atoms with van der Waals surface area (Å²) in [7, 11) is 1.78. The molecule has 0 aromatic rings. The fourth-order valence-electron chi connectivity index (χ4n) is 0.765. The second-order valence-corrected chi connectivity index (χ2v) is 2.30. The smallest absolute Gasteiger partial charge is 0.312 e. The molecule has 6 heteroatoms. The lowest BCUT2D eigenvalue weighted by Crippen LogP contribution is -2.19. The maximum Gasteiger partial charge on any atom is 0.312 e. The molecule has 0 heterocycles. The summed E-state index contributed by atoms with van der Waals surface area (Å²) in [6.07, 6.45) is 1.06. The molecule has 0 aromatic carbocycles. The normalized spacial score (nSPS) is 11.8. The van der Waals surface area contributed by atoms with Gasteiger partial charge in [0.05, 0.1) is 0 Å². The average molecular weight is 172 g/mol. The molecule has 0 fully saturated rings. The van der Waals surface area contributed by atoms with Gasteiger partial charge in [-0.05, 0) is 32.0 Å². The molecule has 12 heavy (non-hydrogen) atoms. The van der Waals surface area contributed by atoms with Crippen LogP contribution in [0.15, 0.2) is 5.11 Å². The number of carbonyl (C=O) groups is 1. The fourth-order valence-corrected chi connectivity index (χ4v) is 0.765. The van der Waals surface area contributed by atoms with Crippen LogP contribution in [0.1, 0.15) is 12.8 Å². The molecular weight excluding hydrogens is 160 g/mol. The minimum absolute atomic E-state index is 0.375. The molecular formula is C6H12N4O2. The van der Waals surface area contributed by atoms with E-state index < -0.39 is 12.0 Å². The third-order valence-corrected chi connectivity index (χ3v) is 1.38. The van der Waals surface area contributed by atoms with Crippen molar-refractivity contribution in [1.82, 2.24) is 5.32 Å². The lowest BCUT2D eigenvalue weighted by molar-refractivity contribution is -0.138. The Morgan fingerprint density at radius 3 is 2.92 bits per heavy atom. The first-order valence-corrected chi connectivity index (χ1v) is 3.64. The van der Waals surface area contributed by atoms with Crippen LogP contribution in [0.5, 0.6) is 0 Å². The Kier molecular flexibility index (Phi) is 5.77. The summed E-state index contributed by atoms with van der Waals surface area (Å²) in [5, 5.41) is 14.5. The Morgan fingerprint density at radius 2 is 2.50 bits per heavy atom. The molecule has 0 aliphatic rings. The topological polar surface area (TPSA) is 98.1 Å². The highest BCUT2D eigenvalue weighted by atomic mass is 16.4. The lowest BCUT2D eigenvalue weighted by Gasteiger charge is -2.03. The van der Waals surface area contributed by atoms with Gasteiger partial charge in [-0.1, -0.05) is 5.11 Å². The Morgan fingerprint density at radius 1 is 1.83 bits per heavy atom. The van der Waals surface area contributed by atoms with E-state index in [9.17, 15) is 4.79 Å². The van der Waals surface area contributed by atoms with Crippen LogP contribution in [0, 0.1) is 0 Å². The summed E-state index contributed by atoms with van der Waals surface area (Å²) >= 11 is 0. The fraction of sp³-hybridized carbons (Fsp3) is 0.833. The van der Waals surface area contributed by atoms with Crippen molar-refractivity contribution in [3.8, 4) is 0 Å². The van der Waals surface area contributed by atoms with E-state index in [1.807, 2.05) is 0 Å². The SMILES string of the molecule is CNCCC[C@H](N=[N+]=[N-])C(=O)O. The first kappa shape index (κ1) is 10.7. The van der Waals surface area contributed by atoms with Crippen molar-refractivity contribution >= 4 is 5.97 Å². The van der Waals surface area contributed by atoms with E-state index in [0.717, 1.165) is 6.54 Å². The van der Waals surface area contributed by atoms with Crippen LogP contribution < -0.4 is 5.32 Å². The van der Waals surface area contributed by atoms with Crippen LogP contribution in [0.2, 0.25) is 0 Å². The number of hydrogen-bond acceptors (Lipinski definition) is 3. The zero-order valence-electron chi connectivity index (χ0n) is 6.90. The van der Waals surface area contributed by atoms with Gasteiger partial charge < -0.3 is 10.4 Å². The number of nitrogens with zero attached hydrogens (tertiary/aromatic N) is 3. The van der Waals surface area contributed by atoms with E-state index in [-0.39, 0.29) is 0 Å². The van der Waals surface area contributed by atoms with Crippen LogP contribution in [0.25, 0.3) is 10.4 Å². The van der Waals surface area contributed by atoms with Gasteiger partial charge in [-0.25, -0.2) is 0 Å². The van der Waals surface area contributed by atoms with Gasteiger partial charge in [-0.3, -0.25) is 4.79 Å². The molecule has 0 rings (SSSR count). The Bertz CT molecular complexity index is 186. The van der Waals surface area contributed by atoms with Gasteiger partial charge >= 0.3 is 5.97 Å². The molecule has 0 spiro atoms. The van der Waals surface area contributed by atoms with Crippen LogP contribution in [-0.2, 0) is 4.79 Å². The molecule has 6 nitrogen and oxygen atoms in total. The van der Waals surface area contributed by atoms with Crippen molar-refractivity contribution in [2.45, 2.75) is 18.9 Å². The third kappa shape index (κ3) is 4.54. The summed E-state index contributed by atoms with van der Waals surface area (Å²) < 4.78 is 0. The number of azide groups is 1. The largest absolute Gasteiger partial charge is 0.481 e. The van der Waals surface area contributed by atoms with Gasteiger partial charge in [0.25, 0.3) is 0 Å². The molecule has 0 aliphatic carbocycles. The van der Waals surface area contributed by atoms with E-state index in [1.54, 1.807) is 7.05 Å². The van der Waals surface area contributed by atoms with Gasteiger partial charge in [0.1, 0.15) is 6.04 Å². The molecule has 0 unspecified atom stereocenters. The molecule has 0 radical (unpaired) electrons. The number of rotatable bonds is 6. The summed E-state index contributed by atoms with van der Waals surface area (Å²) in [6, 6.07) is -0.927. The molecule has 2 N–H and O–H groups in total. The third-order valence-electron chi connectivity index (χ3n) is 1.38. The Hall–Kier alpha value is -1.26. The van der Waals surface area contributed by atoms with E-state index >= 15 is 0 Å². The highest BCUT2D eigenvalue weighted by molar-refractivity contribution is 5.73. The quantitative estimate of drug-likeness (QED) is 0.267. The Labute approximate surface area is 70.2 Å². The van der Waals surface area contributed by atoms with Gasteiger partial charge in [0.15, 0.2) is 0 Å². The molecule has 0 saturated carbocycles. The standard InChI is InChI=1S/C6H12N4O2/c1-8-4-2-3-5(6(11)12)9-10-7/h5,8H,2-4H2,1H3,(H,11,12)/t5-/m0/s1. The molecule has 68 valence electrons. The molecule has 0 aliphatic heterocycles. The van der Waals surface area contributed by atoms with Crippen molar-refractivity contribution in [3.63, 3.8) is 0 Å². The van der Waals surface area contributed by atoms with E-state index in [1.165, 1.54) is 0 Å². The summed E-state index contributed by atoms with van der Waals surface area (Å²) in [6.45, 7) is 0.727. The molecule has 0 aromatic heterocycles. The summed E-state index contributed by atoms with van der Waals surface area (Å²) in [5.74, 6) is -1.07. The average Bonchev–Trinajstić information content (AvgIpc) is 2.03. The van der Waals surface area contributed by atoms with Gasteiger partial charge in [0, 0.05) is 4.91 Å². The number of hydrogen-bond donors (Lipinski definition) is 2. The van der Waals surface area contributed by atoms with Crippen LogP contribution in [0.4, 0.5) is 0 Å². The molecule has 0 saturated heterocycles. The van der Waals surface area contributed by atoms with E-state index in [0.29, 0.717) is 12.8 Å². The van der Waals surface area contributed by atoms with E-state index in [2.05, 4.69) is 15.3 Å². The van der Waals surface area contributed by atoms with Crippen molar-refractivity contribution in [2.75, 3.05) is 13.6 Å². The van der Waals surface area contributed by atoms with Gasteiger partial charge in [0.2, 0.25) is 0 Å². The van der Waals surface area contributed by atoms with Gasteiger partial charge in [-0.15, -0.1) is 0 Å². The highest BCUT2D eigenvalue weighted by Gasteiger charge is 2.13. The first-order valence-electron chi connectivity index (χ1n) is 3.64. The minimum Gasteiger partial charge on any atom is -0.481 e. The second-order valence-electron chi connectivity index (χ2n) is 2.30. The molecule has 0 bridgehead atoms. The summed E-state index contributed by atoms with van der Waals surface area (Å²) in [5.41, 5.74) is 8.02. The maximum absolute atomic E-state index is 10.4. The highest BCUT2D eigenvalue weighted by Crippen LogP contribution is 2.01. The van der Waals surface area contributed by atoms with Crippen LogP contribution in [0.3, 0.4) is 0 Å². The number of carboxylic acid groups (broad SMARTS) is 1. The second kappa shape index (κ2) is 6.45. The molecule has 0 amide bonds. The minimum atomic E-state index is -1.07. The van der Waals surface area contributed by atoms with Crippen molar-refractivity contribution in [3.05, 3.63) is 10.4 Å². The predicted molar refractivity (Wildman–Crippen MR) is 43.7 cm³/mol. The maximum atomic E-state index is 10.4. The van der Waals surface area contributed by atoms with Crippen molar-refractivity contribution in [2.24, 2.45) is 5.11 Å². The summed E-state index contributed by atoms with van der Waals surface area (Å²) in [4.78, 5) is 12.9. The van der Waals surface area contributed by atoms with Crippen molar-refractivity contribution in [1.29, 1.82) is 0 Å². The zero-order valence-corrected chi connectivity index (χ0v) is 6.90. The monoisotopic (exact) mass is 172 g/mol. The predicted octanol–water partition coefficient (Wildman–Crippen LogP) is 0.749. The van der Waals surface area contributed by atoms with Crippen LogP contribution in [-0.4, -0.2) is 30.7 Å². The van der Waals surface area contributed by atoms with Crippen molar-refractivity contribution < 1.29 is 9.90 Å². The number of nitrogens with one attached hydrogen (secondary N) is 1.